The van der Waals surface area contributed by atoms with Gasteiger partial charge in [0.15, 0.2) is 0 Å². The van der Waals surface area contributed by atoms with E-state index in [0.717, 1.165) is 11.4 Å². The lowest BCUT2D eigenvalue weighted by Gasteiger charge is -2.21. The molecule has 0 aromatic heterocycles. The number of amides is 1. The fraction of sp³-hybridized carbons (Fsp3) is 0.0385. The molecule has 4 rings (SSSR count). The standard InChI is InChI=1S/C26H22N2O/c29-26(28-23-14-8-3-9-15-23)22-16-18-24(19-17-22)27-25(20-10-4-1-5-11-20)21-12-6-2-7-13-21/h1-19,25,27H,(H,28,29). The summed E-state index contributed by atoms with van der Waals surface area (Å²) in [6.45, 7) is 0. The first kappa shape index (κ1) is 18.5. The Balaban J connectivity index is 1.52. The number of carbonyl (C=O) groups is 1. The molecule has 0 fully saturated rings. The lowest BCUT2D eigenvalue weighted by Crippen LogP contribution is -2.13. The minimum atomic E-state index is -0.120. The van der Waals surface area contributed by atoms with Gasteiger partial charge in [-0.25, -0.2) is 0 Å². The maximum absolute atomic E-state index is 12.5. The minimum Gasteiger partial charge on any atom is -0.374 e. The highest BCUT2D eigenvalue weighted by molar-refractivity contribution is 6.04. The molecule has 0 heterocycles. The number of para-hydroxylation sites is 1. The van der Waals surface area contributed by atoms with Gasteiger partial charge in [0.1, 0.15) is 0 Å². The van der Waals surface area contributed by atoms with Gasteiger partial charge < -0.3 is 10.6 Å². The van der Waals surface area contributed by atoms with Crippen molar-refractivity contribution in [1.29, 1.82) is 0 Å². The fourth-order valence-electron chi connectivity index (χ4n) is 3.26. The molecule has 0 saturated carbocycles. The van der Waals surface area contributed by atoms with Gasteiger partial charge in [-0.15, -0.1) is 0 Å². The van der Waals surface area contributed by atoms with E-state index in [2.05, 4.69) is 34.9 Å². The van der Waals surface area contributed by atoms with Gasteiger partial charge in [0.2, 0.25) is 0 Å². The quantitative estimate of drug-likeness (QED) is 0.423. The van der Waals surface area contributed by atoms with Gasteiger partial charge in [0.25, 0.3) is 5.91 Å². The molecule has 3 nitrogen and oxygen atoms in total. The number of anilines is 2. The average molecular weight is 378 g/mol. The van der Waals surface area contributed by atoms with Crippen molar-refractivity contribution < 1.29 is 4.79 Å². The maximum Gasteiger partial charge on any atom is 0.255 e. The Hall–Kier alpha value is -3.85. The highest BCUT2D eigenvalue weighted by atomic mass is 16.1. The van der Waals surface area contributed by atoms with Gasteiger partial charge in [-0.05, 0) is 47.5 Å². The normalized spacial score (nSPS) is 10.5. The summed E-state index contributed by atoms with van der Waals surface area (Å²) in [6.07, 6.45) is 0. The van der Waals surface area contributed by atoms with Crippen molar-refractivity contribution in [2.45, 2.75) is 6.04 Å². The minimum absolute atomic E-state index is 0.0291. The van der Waals surface area contributed by atoms with Crippen LogP contribution in [0.5, 0.6) is 0 Å². The molecule has 3 heteroatoms. The monoisotopic (exact) mass is 378 g/mol. The molecule has 0 atom stereocenters. The SMILES string of the molecule is O=C(Nc1ccccc1)c1ccc(NC(c2ccccc2)c2ccccc2)cc1. The summed E-state index contributed by atoms with van der Waals surface area (Å²) in [4.78, 5) is 12.5. The number of benzene rings is 4. The van der Waals surface area contributed by atoms with Crippen molar-refractivity contribution in [1.82, 2.24) is 0 Å². The molecule has 4 aromatic rings. The zero-order chi connectivity index (χ0) is 19.9. The Bertz CT molecular complexity index is 1010. The summed E-state index contributed by atoms with van der Waals surface area (Å²) in [6, 6.07) is 37.8. The van der Waals surface area contributed by atoms with E-state index in [1.807, 2.05) is 91.0 Å². The van der Waals surface area contributed by atoms with E-state index in [4.69, 9.17) is 0 Å². The summed E-state index contributed by atoms with van der Waals surface area (Å²) in [5.41, 5.74) is 4.73. The van der Waals surface area contributed by atoms with E-state index in [0.29, 0.717) is 5.56 Å². The molecule has 0 aliphatic carbocycles. The molecule has 0 bridgehead atoms. The van der Waals surface area contributed by atoms with Gasteiger partial charge >= 0.3 is 0 Å². The Labute approximate surface area is 171 Å². The molecular formula is C26H22N2O. The van der Waals surface area contributed by atoms with Gasteiger partial charge in [-0.3, -0.25) is 4.79 Å². The van der Waals surface area contributed by atoms with E-state index < -0.39 is 0 Å². The molecule has 29 heavy (non-hydrogen) atoms. The Kier molecular flexibility index (Phi) is 5.68. The van der Waals surface area contributed by atoms with Crippen molar-refractivity contribution in [2.75, 3.05) is 10.6 Å². The zero-order valence-electron chi connectivity index (χ0n) is 16.0. The van der Waals surface area contributed by atoms with E-state index >= 15 is 0 Å². The molecule has 0 aliphatic heterocycles. The second-order valence-electron chi connectivity index (χ2n) is 6.80. The molecule has 0 aliphatic rings. The van der Waals surface area contributed by atoms with E-state index in [9.17, 15) is 4.79 Å². The van der Waals surface area contributed by atoms with Gasteiger partial charge in [0, 0.05) is 16.9 Å². The van der Waals surface area contributed by atoms with Crippen LogP contribution in [-0.4, -0.2) is 5.91 Å². The first-order chi connectivity index (χ1) is 14.3. The van der Waals surface area contributed by atoms with Crippen molar-refractivity contribution in [3.63, 3.8) is 0 Å². The Morgan fingerprint density at radius 2 is 1.03 bits per heavy atom. The van der Waals surface area contributed by atoms with E-state index in [-0.39, 0.29) is 11.9 Å². The fourth-order valence-corrected chi connectivity index (χ4v) is 3.26. The van der Waals surface area contributed by atoms with Crippen LogP contribution in [0.25, 0.3) is 0 Å². The molecule has 0 unspecified atom stereocenters. The summed E-state index contributed by atoms with van der Waals surface area (Å²) in [7, 11) is 0. The highest BCUT2D eigenvalue weighted by Gasteiger charge is 2.14. The highest BCUT2D eigenvalue weighted by Crippen LogP contribution is 2.26. The van der Waals surface area contributed by atoms with Crippen LogP contribution >= 0.6 is 0 Å². The molecule has 2 N–H and O–H groups in total. The van der Waals surface area contributed by atoms with Crippen LogP contribution in [0.3, 0.4) is 0 Å². The number of rotatable bonds is 6. The second kappa shape index (κ2) is 8.89. The number of nitrogens with one attached hydrogen (secondary N) is 2. The second-order valence-corrected chi connectivity index (χ2v) is 6.80. The predicted molar refractivity (Wildman–Crippen MR) is 119 cm³/mol. The third kappa shape index (κ3) is 4.71. The number of carbonyl (C=O) groups excluding carboxylic acids is 1. The summed E-state index contributed by atoms with van der Waals surface area (Å²) in [5, 5.41) is 6.51. The Morgan fingerprint density at radius 1 is 0.552 bits per heavy atom. The van der Waals surface area contributed by atoms with Crippen LogP contribution in [0.4, 0.5) is 11.4 Å². The molecule has 0 saturated heterocycles. The van der Waals surface area contributed by atoms with Crippen molar-refractivity contribution >= 4 is 17.3 Å². The van der Waals surface area contributed by atoms with Crippen molar-refractivity contribution in [2.24, 2.45) is 0 Å². The third-order valence-corrected chi connectivity index (χ3v) is 4.76. The number of hydrogen-bond donors (Lipinski definition) is 2. The van der Waals surface area contributed by atoms with Crippen LogP contribution in [0.15, 0.2) is 115 Å². The summed E-state index contributed by atoms with van der Waals surface area (Å²) >= 11 is 0. The molecular weight excluding hydrogens is 356 g/mol. The third-order valence-electron chi connectivity index (χ3n) is 4.76. The zero-order valence-corrected chi connectivity index (χ0v) is 16.0. The molecule has 4 aromatic carbocycles. The maximum atomic E-state index is 12.5. The van der Waals surface area contributed by atoms with Crippen LogP contribution in [-0.2, 0) is 0 Å². The lowest BCUT2D eigenvalue weighted by molar-refractivity contribution is 0.102. The van der Waals surface area contributed by atoms with E-state index in [1.54, 1.807) is 0 Å². The van der Waals surface area contributed by atoms with Crippen LogP contribution in [0, 0.1) is 0 Å². The summed E-state index contributed by atoms with van der Waals surface area (Å²) in [5.74, 6) is -0.120. The molecule has 0 spiro atoms. The van der Waals surface area contributed by atoms with Crippen molar-refractivity contribution in [3.05, 3.63) is 132 Å². The summed E-state index contributed by atoms with van der Waals surface area (Å²) < 4.78 is 0. The predicted octanol–water partition coefficient (Wildman–Crippen LogP) is 6.14. The van der Waals surface area contributed by atoms with Gasteiger partial charge in [0.05, 0.1) is 6.04 Å². The average Bonchev–Trinajstić information content (AvgIpc) is 2.80. The van der Waals surface area contributed by atoms with Crippen LogP contribution in [0.2, 0.25) is 0 Å². The van der Waals surface area contributed by atoms with Crippen LogP contribution in [0.1, 0.15) is 27.5 Å². The van der Waals surface area contributed by atoms with E-state index in [1.165, 1.54) is 11.1 Å². The van der Waals surface area contributed by atoms with Crippen LogP contribution < -0.4 is 10.6 Å². The topological polar surface area (TPSA) is 41.1 Å². The molecule has 142 valence electrons. The largest absolute Gasteiger partial charge is 0.374 e. The Morgan fingerprint density at radius 3 is 1.55 bits per heavy atom. The van der Waals surface area contributed by atoms with Gasteiger partial charge in [-0.2, -0.15) is 0 Å². The molecule has 0 radical (unpaired) electrons. The van der Waals surface area contributed by atoms with Gasteiger partial charge in [-0.1, -0.05) is 78.9 Å². The first-order valence-corrected chi connectivity index (χ1v) is 9.62. The smallest absolute Gasteiger partial charge is 0.255 e. The number of hydrogen-bond acceptors (Lipinski definition) is 2. The molecule has 1 amide bonds. The van der Waals surface area contributed by atoms with Crippen molar-refractivity contribution in [3.8, 4) is 0 Å². The first-order valence-electron chi connectivity index (χ1n) is 9.62. The lowest BCUT2D eigenvalue weighted by atomic mass is 9.98.